The highest BCUT2D eigenvalue weighted by Crippen LogP contribution is 2.29. The van der Waals surface area contributed by atoms with Gasteiger partial charge in [-0.3, -0.25) is 4.79 Å². The predicted molar refractivity (Wildman–Crippen MR) is 92.9 cm³/mol. The van der Waals surface area contributed by atoms with Gasteiger partial charge in [-0.15, -0.1) is 0 Å². The monoisotopic (exact) mass is 395 g/mol. The van der Waals surface area contributed by atoms with Crippen molar-refractivity contribution >= 4 is 28.5 Å². The maximum atomic E-state index is 12.7. The van der Waals surface area contributed by atoms with E-state index in [0.717, 1.165) is 9.32 Å². The van der Waals surface area contributed by atoms with Crippen molar-refractivity contribution in [2.24, 2.45) is 0 Å². The average molecular weight is 395 g/mol. The van der Waals surface area contributed by atoms with Gasteiger partial charge in [-0.1, -0.05) is 24.3 Å². The first-order valence-electron chi connectivity index (χ1n) is 6.98. The summed E-state index contributed by atoms with van der Waals surface area (Å²) in [6.45, 7) is 5.33. The highest BCUT2D eigenvalue weighted by Gasteiger charge is 2.20. The van der Waals surface area contributed by atoms with E-state index in [0.29, 0.717) is 24.4 Å². The van der Waals surface area contributed by atoms with Crippen LogP contribution in [0.15, 0.2) is 48.5 Å². The summed E-state index contributed by atoms with van der Waals surface area (Å²) in [6, 6.07) is 15.2. The molecule has 0 aromatic heterocycles. The summed E-state index contributed by atoms with van der Waals surface area (Å²) < 4.78 is 6.80. The van der Waals surface area contributed by atoms with E-state index in [-0.39, 0.29) is 5.91 Å². The highest BCUT2D eigenvalue weighted by atomic mass is 127. The highest BCUT2D eigenvalue weighted by molar-refractivity contribution is 14.1. The van der Waals surface area contributed by atoms with Gasteiger partial charge in [-0.2, -0.15) is 0 Å². The van der Waals surface area contributed by atoms with Crippen LogP contribution in [-0.4, -0.2) is 23.9 Å². The molecule has 0 saturated carbocycles. The number of para-hydroxylation sites is 1. The van der Waals surface area contributed by atoms with Crippen LogP contribution >= 0.6 is 22.6 Å². The minimum atomic E-state index is 0.0101. The Morgan fingerprint density at radius 3 is 2.33 bits per heavy atom. The quantitative estimate of drug-likeness (QED) is 0.695. The van der Waals surface area contributed by atoms with Gasteiger partial charge in [-0.05, 0) is 60.7 Å². The summed E-state index contributed by atoms with van der Waals surface area (Å²) in [5.74, 6) is 1.34. The van der Waals surface area contributed by atoms with Crippen LogP contribution in [0.2, 0.25) is 0 Å². The lowest BCUT2D eigenvalue weighted by Crippen LogP contribution is -2.31. The summed E-state index contributed by atoms with van der Waals surface area (Å²) in [6.07, 6.45) is 0. The first-order valence-corrected chi connectivity index (χ1v) is 8.06. The number of carbonyl (C=O) groups is 1. The van der Waals surface area contributed by atoms with Crippen molar-refractivity contribution in [3.05, 3.63) is 57.7 Å². The molecule has 1 amide bonds. The van der Waals surface area contributed by atoms with Gasteiger partial charge >= 0.3 is 0 Å². The number of halogens is 1. The van der Waals surface area contributed by atoms with Crippen LogP contribution in [0.5, 0.6) is 11.5 Å². The Bertz CT molecular complexity index is 609. The van der Waals surface area contributed by atoms with E-state index in [2.05, 4.69) is 22.6 Å². The number of rotatable bonds is 5. The largest absolute Gasteiger partial charge is 0.456 e. The maximum absolute atomic E-state index is 12.7. The molecule has 110 valence electrons. The molecular weight excluding hydrogens is 377 g/mol. The Morgan fingerprint density at radius 2 is 1.71 bits per heavy atom. The van der Waals surface area contributed by atoms with Gasteiger partial charge in [0.1, 0.15) is 11.5 Å². The van der Waals surface area contributed by atoms with E-state index in [1.54, 1.807) is 4.90 Å². The lowest BCUT2D eigenvalue weighted by molar-refractivity contribution is 0.0769. The summed E-state index contributed by atoms with van der Waals surface area (Å²) >= 11 is 2.18. The fraction of sp³-hybridized carbons (Fsp3) is 0.235. The molecule has 0 fully saturated rings. The Hall–Kier alpha value is -1.56. The molecule has 0 aliphatic heterocycles. The minimum absolute atomic E-state index is 0.0101. The van der Waals surface area contributed by atoms with Crippen molar-refractivity contribution in [2.45, 2.75) is 13.8 Å². The van der Waals surface area contributed by atoms with E-state index in [1.165, 1.54) is 0 Å². The predicted octanol–water partition coefficient (Wildman–Crippen LogP) is 4.57. The Balaban J connectivity index is 2.39. The van der Waals surface area contributed by atoms with Crippen LogP contribution in [0.3, 0.4) is 0 Å². The first kappa shape index (κ1) is 15.8. The number of amides is 1. The van der Waals surface area contributed by atoms with Crippen LogP contribution in [0.4, 0.5) is 0 Å². The fourth-order valence-corrected chi connectivity index (χ4v) is 2.79. The van der Waals surface area contributed by atoms with E-state index in [4.69, 9.17) is 4.74 Å². The second-order valence-corrected chi connectivity index (χ2v) is 5.67. The van der Waals surface area contributed by atoms with Crippen molar-refractivity contribution in [3.63, 3.8) is 0 Å². The van der Waals surface area contributed by atoms with Crippen LogP contribution in [0.1, 0.15) is 24.2 Å². The molecule has 0 aliphatic carbocycles. The van der Waals surface area contributed by atoms with Crippen molar-refractivity contribution in [1.82, 2.24) is 4.90 Å². The minimum Gasteiger partial charge on any atom is -0.456 e. The molecule has 21 heavy (non-hydrogen) atoms. The van der Waals surface area contributed by atoms with Gasteiger partial charge < -0.3 is 9.64 Å². The van der Waals surface area contributed by atoms with E-state index in [1.807, 2.05) is 62.4 Å². The molecule has 0 atom stereocenters. The molecule has 0 radical (unpaired) electrons. The molecular formula is C17H18INO2. The van der Waals surface area contributed by atoms with E-state index >= 15 is 0 Å². The number of nitrogens with zero attached hydrogens (tertiary/aromatic N) is 1. The van der Waals surface area contributed by atoms with Gasteiger partial charge in [0.05, 0.1) is 5.56 Å². The molecule has 0 spiro atoms. The Morgan fingerprint density at radius 1 is 1.05 bits per heavy atom. The summed E-state index contributed by atoms with van der Waals surface area (Å²) in [5, 5.41) is 0. The average Bonchev–Trinajstić information content (AvgIpc) is 2.49. The van der Waals surface area contributed by atoms with Crippen LogP contribution in [-0.2, 0) is 0 Å². The zero-order valence-electron chi connectivity index (χ0n) is 12.2. The molecule has 0 heterocycles. The summed E-state index contributed by atoms with van der Waals surface area (Å²) in [4.78, 5) is 14.5. The third-order valence-corrected chi connectivity index (χ3v) is 4.11. The van der Waals surface area contributed by atoms with Gasteiger partial charge in [0, 0.05) is 16.7 Å². The third kappa shape index (κ3) is 3.75. The molecule has 4 heteroatoms. The van der Waals surface area contributed by atoms with Gasteiger partial charge in [0.15, 0.2) is 0 Å². The fourth-order valence-electron chi connectivity index (χ4n) is 2.08. The molecule has 0 bridgehead atoms. The second-order valence-electron chi connectivity index (χ2n) is 4.51. The van der Waals surface area contributed by atoms with E-state index in [9.17, 15) is 4.79 Å². The van der Waals surface area contributed by atoms with Crippen molar-refractivity contribution in [2.75, 3.05) is 13.1 Å². The lowest BCUT2D eigenvalue weighted by atomic mass is 10.1. The zero-order valence-corrected chi connectivity index (χ0v) is 14.3. The zero-order chi connectivity index (χ0) is 15.2. The number of benzene rings is 2. The molecule has 0 N–H and O–H groups in total. The van der Waals surface area contributed by atoms with Gasteiger partial charge in [0.25, 0.3) is 5.91 Å². The molecule has 0 saturated heterocycles. The molecule has 2 aromatic rings. The molecule has 2 aromatic carbocycles. The normalized spacial score (nSPS) is 10.2. The molecule has 2 rings (SSSR count). The molecule has 0 aliphatic rings. The number of hydrogen-bond acceptors (Lipinski definition) is 2. The smallest absolute Gasteiger partial charge is 0.258 e. The van der Waals surface area contributed by atoms with E-state index < -0.39 is 0 Å². The topological polar surface area (TPSA) is 29.5 Å². The second kappa shape index (κ2) is 7.45. The lowest BCUT2D eigenvalue weighted by Gasteiger charge is -2.21. The molecule has 3 nitrogen and oxygen atoms in total. The van der Waals surface area contributed by atoms with Crippen LogP contribution in [0.25, 0.3) is 0 Å². The first-order chi connectivity index (χ1) is 10.2. The van der Waals surface area contributed by atoms with Gasteiger partial charge in [0.2, 0.25) is 0 Å². The summed E-state index contributed by atoms with van der Waals surface area (Å²) in [7, 11) is 0. The molecule has 0 unspecified atom stereocenters. The number of ether oxygens (including phenoxy) is 1. The van der Waals surface area contributed by atoms with Crippen LogP contribution in [0, 0.1) is 3.57 Å². The standard InChI is InChI=1S/C17H18INO2/c1-3-19(4-2)17(20)16-14(18)11-8-12-15(16)21-13-9-6-5-7-10-13/h5-12H,3-4H2,1-2H3. The van der Waals surface area contributed by atoms with Crippen LogP contribution < -0.4 is 4.74 Å². The third-order valence-electron chi connectivity index (χ3n) is 3.21. The maximum Gasteiger partial charge on any atom is 0.258 e. The Kier molecular flexibility index (Phi) is 5.61. The van der Waals surface area contributed by atoms with Crippen molar-refractivity contribution in [3.8, 4) is 11.5 Å². The van der Waals surface area contributed by atoms with Crippen molar-refractivity contribution in [1.29, 1.82) is 0 Å². The van der Waals surface area contributed by atoms with Crippen molar-refractivity contribution < 1.29 is 9.53 Å². The number of carbonyl (C=O) groups excluding carboxylic acids is 1. The Labute approximate surface area is 139 Å². The SMILES string of the molecule is CCN(CC)C(=O)c1c(I)cccc1Oc1ccccc1. The number of hydrogen-bond donors (Lipinski definition) is 0. The van der Waals surface area contributed by atoms with Gasteiger partial charge in [-0.25, -0.2) is 0 Å². The summed E-state index contributed by atoms with van der Waals surface area (Å²) in [5.41, 5.74) is 0.630.